The van der Waals surface area contributed by atoms with Crippen molar-refractivity contribution in [2.45, 2.75) is 19.8 Å². The van der Waals surface area contributed by atoms with Gasteiger partial charge in [-0.05, 0) is 30.2 Å². The number of hydrogen-bond donors (Lipinski definition) is 1. The van der Waals surface area contributed by atoms with Crippen molar-refractivity contribution in [3.8, 4) is 11.6 Å². The maximum Gasteiger partial charge on any atom is 0.222 e. The fraction of sp³-hybridized carbons (Fsp3) is 0.214. The van der Waals surface area contributed by atoms with Gasteiger partial charge in [0.25, 0.3) is 0 Å². The van der Waals surface area contributed by atoms with E-state index in [4.69, 9.17) is 22.1 Å². The van der Waals surface area contributed by atoms with Crippen LogP contribution in [-0.2, 0) is 6.42 Å². The zero-order valence-corrected chi connectivity index (χ0v) is 10.9. The van der Waals surface area contributed by atoms with E-state index in [1.165, 1.54) is 5.56 Å². The van der Waals surface area contributed by atoms with Crippen LogP contribution >= 0.6 is 11.6 Å². The first-order valence-corrected chi connectivity index (χ1v) is 6.25. The van der Waals surface area contributed by atoms with Crippen LogP contribution in [0, 0.1) is 0 Å². The van der Waals surface area contributed by atoms with E-state index < -0.39 is 0 Å². The number of aromatic nitrogens is 1. The van der Waals surface area contributed by atoms with Crippen LogP contribution in [0.25, 0.3) is 0 Å². The number of nitrogens with zero attached hydrogens (tertiary/aromatic N) is 1. The summed E-state index contributed by atoms with van der Waals surface area (Å²) in [6, 6.07) is 11.2. The first kappa shape index (κ1) is 12.7. The van der Waals surface area contributed by atoms with Crippen LogP contribution in [0.4, 0.5) is 5.69 Å². The number of halogens is 1. The Balaban J connectivity index is 2.13. The summed E-state index contributed by atoms with van der Waals surface area (Å²) in [5, 5.41) is 0.326. The molecule has 0 bridgehead atoms. The zero-order chi connectivity index (χ0) is 13.0. The molecule has 0 atom stereocenters. The average molecular weight is 263 g/mol. The molecular formula is C14H15ClN2O. The Labute approximate surface area is 112 Å². The summed E-state index contributed by atoms with van der Waals surface area (Å²) < 4.78 is 5.60. The monoisotopic (exact) mass is 262 g/mol. The minimum Gasteiger partial charge on any atom is -0.439 e. The molecule has 0 saturated carbocycles. The van der Waals surface area contributed by atoms with Gasteiger partial charge >= 0.3 is 0 Å². The predicted molar refractivity (Wildman–Crippen MR) is 74.2 cm³/mol. The maximum atomic E-state index is 5.81. The van der Waals surface area contributed by atoms with Gasteiger partial charge in [0.15, 0.2) is 0 Å². The van der Waals surface area contributed by atoms with Gasteiger partial charge in [0.05, 0.1) is 0 Å². The molecule has 0 aliphatic carbocycles. The van der Waals surface area contributed by atoms with Crippen LogP contribution in [-0.4, -0.2) is 4.98 Å². The Morgan fingerprint density at radius 1 is 1.22 bits per heavy atom. The van der Waals surface area contributed by atoms with Crippen LogP contribution < -0.4 is 10.5 Å². The normalized spacial score (nSPS) is 10.3. The van der Waals surface area contributed by atoms with Gasteiger partial charge in [0.1, 0.15) is 10.9 Å². The second kappa shape index (κ2) is 5.74. The second-order valence-corrected chi connectivity index (χ2v) is 4.44. The zero-order valence-electron chi connectivity index (χ0n) is 10.2. The highest BCUT2D eigenvalue weighted by Crippen LogP contribution is 2.24. The van der Waals surface area contributed by atoms with Crippen LogP contribution in [0.1, 0.15) is 18.9 Å². The lowest BCUT2D eigenvalue weighted by molar-refractivity contribution is 0.463. The Morgan fingerprint density at radius 3 is 2.56 bits per heavy atom. The highest BCUT2D eigenvalue weighted by atomic mass is 35.5. The van der Waals surface area contributed by atoms with Crippen LogP contribution in [0.2, 0.25) is 5.15 Å². The van der Waals surface area contributed by atoms with Crippen molar-refractivity contribution in [2.24, 2.45) is 0 Å². The Morgan fingerprint density at radius 2 is 1.94 bits per heavy atom. The summed E-state index contributed by atoms with van der Waals surface area (Å²) in [5.74, 6) is 1.13. The first-order chi connectivity index (χ1) is 8.67. The average Bonchev–Trinajstić information content (AvgIpc) is 2.31. The molecule has 2 aromatic rings. The highest BCUT2D eigenvalue weighted by Gasteiger charge is 2.02. The van der Waals surface area contributed by atoms with Gasteiger partial charge in [-0.3, -0.25) is 0 Å². The molecule has 0 spiro atoms. The topological polar surface area (TPSA) is 48.1 Å². The number of nitrogen functional groups attached to an aromatic ring is 1. The number of benzene rings is 1. The molecule has 3 nitrogen and oxygen atoms in total. The summed E-state index contributed by atoms with van der Waals surface area (Å²) in [6.45, 7) is 2.16. The number of ether oxygens (including phenoxy) is 1. The molecule has 0 saturated heterocycles. The van der Waals surface area contributed by atoms with E-state index in [-0.39, 0.29) is 0 Å². The third-order valence-corrected chi connectivity index (χ3v) is 2.67. The molecule has 0 unspecified atom stereocenters. The van der Waals surface area contributed by atoms with Crippen LogP contribution in [0.15, 0.2) is 36.4 Å². The lowest BCUT2D eigenvalue weighted by Crippen LogP contribution is -1.92. The second-order valence-electron chi connectivity index (χ2n) is 4.06. The summed E-state index contributed by atoms with van der Waals surface area (Å²) >= 11 is 5.81. The summed E-state index contributed by atoms with van der Waals surface area (Å²) in [4.78, 5) is 4.05. The Bertz CT molecular complexity index is 506. The molecule has 0 aliphatic rings. The molecule has 2 N–H and O–H groups in total. The lowest BCUT2D eigenvalue weighted by Gasteiger charge is -2.06. The third kappa shape index (κ3) is 3.37. The third-order valence-electron chi connectivity index (χ3n) is 2.48. The standard InChI is InChI=1S/C14H15ClN2O/c1-2-3-10-4-6-12(7-5-10)18-14-9-11(16)8-13(15)17-14/h4-9H,2-3H2,1H3,(H2,16,17). The SMILES string of the molecule is CCCc1ccc(Oc2cc(N)cc(Cl)n2)cc1. The van der Waals surface area contributed by atoms with Gasteiger partial charge in [-0.2, -0.15) is 0 Å². The van der Waals surface area contributed by atoms with Gasteiger partial charge in [0, 0.05) is 11.8 Å². The van der Waals surface area contributed by atoms with E-state index in [0.717, 1.165) is 18.6 Å². The molecule has 18 heavy (non-hydrogen) atoms. The molecule has 0 fully saturated rings. The molecule has 1 aromatic heterocycles. The molecule has 2 rings (SSSR count). The quantitative estimate of drug-likeness (QED) is 0.845. The number of rotatable bonds is 4. The van der Waals surface area contributed by atoms with Crippen molar-refractivity contribution in [2.75, 3.05) is 5.73 Å². The van der Waals surface area contributed by atoms with Crippen molar-refractivity contribution >= 4 is 17.3 Å². The van der Waals surface area contributed by atoms with Crippen LogP contribution in [0.3, 0.4) is 0 Å². The van der Waals surface area contributed by atoms with Gasteiger partial charge in [-0.1, -0.05) is 37.1 Å². The molecular weight excluding hydrogens is 248 g/mol. The Kier molecular flexibility index (Phi) is 4.05. The summed E-state index contributed by atoms with van der Waals surface area (Å²) in [5.41, 5.74) is 7.50. The fourth-order valence-corrected chi connectivity index (χ4v) is 1.89. The minimum atomic E-state index is 0.326. The van der Waals surface area contributed by atoms with Gasteiger partial charge in [-0.25, -0.2) is 4.98 Å². The predicted octanol–water partition coefficient (Wildman–Crippen LogP) is 4.06. The summed E-state index contributed by atoms with van der Waals surface area (Å²) in [6.07, 6.45) is 2.20. The highest BCUT2D eigenvalue weighted by molar-refractivity contribution is 6.29. The van der Waals surface area contributed by atoms with Crippen molar-refractivity contribution < 1.29 is 4.74 Å². The van der Waals surface area contributed by atoms with Crippen molar-refractivity contribution in [1.29, 1.82) is 0 Å². The van der Waals surface area contributed by atoms with Crippen molar-refractivity contribution in [3.63, 3.8) is 0 Å². The molecule has 1 heterocycles. The lowest BCUT2D eigenvalue weighted by atomic mass is 10.1. The largest absolute Gasteiger partial charge is 0.439 e. The molecule has 0 aliphatic heterocycles. The van der Waals surface area contributed by atoms with Gasteiger partial charge < -0.3 is 10.5 Å². The molecule has 0 radical (unpaired) electrons. The number of anilines is 1. The van der Waals surface area contributed by atoms with E-state index in [1.807, 2.05) is 24.3 Å². The number of pyridine rings is 1. The number of hydrogen-bond acceptors (Lipinski definition) is 3. The minimum absolute atomic E-state index is 0.326. The smallest absolute Gasteiger partial charge is 0.222 e. The van der Waals surface area contributed by atoms with E-state index in [9.17, 15) is 0 Å². The van der Waals surface area contributed by atoms with E-state index in [2.05, 4.69) is 11.9 Å². The molecule has 1 aromatic carbocycles. The Hall–Kier alpha value is -1.74. The van der Waals surface area contributed by atoms with Gasteiger partial charge in [0.2, 0.25) is 5.88 Å². The van der Waals surface area contributed by atoms with Crippen molar-refractivity contribution in [1.82, 2.24) is 4.98 Å². The number of nitrogens with two attached hydrogens (primary N) is 1. The van der Waals surface area contributed by atoms with E-state index >= 15 is 0 Å². The fourth-order valence-electron chi connectivity index (χ4n) is 1.68. The molecule has 0 amide bonds. The summed E-state index contributed by atoms with van der Waals surface area (Å²) in [7, 11) is 0. The maximum absolute atomic E-state index is 5.81. The number of aryl methyl sites for hydroxylation is 1. The van der Waals surface area contributed by atoms with Gasteiger partial charge in [-0.15, -0.1) is 0 Å². The van der Waals surface area contributed by atoms with Crippen molar-refractivity contribution in [3.05, 3.63) is 47.1 Å². The van der Waals surface area contributed by atoms with E-state index in [1.54, 1.807) is 12.1 Å². The first-order valence-electron chi connectivity index (χ1n) is 5.87. The van der Waals surface area contributed by atoms with Crippen LogP contribution in [0.5, 0.6) is 11.6 Å². The molecule has 4 heteroatoms. The van der Waals surface area contributed by atoms with E-state index in [0.29, 0.717) is 16.7 Å². The molecule has 94 valence electrons.